The molecule has 1 amide bonds. The second kappa shape index (κ2) is 11.5. The number of rotatable bonds is 11. The van der Waals surface area contributed by atoms with Gasteiger partial charge in [0, 0.05) is 32.5 Å². The number of carbonyl (C=O) groups excluding carboxylic acids is 2. The first kappa shape index (κ1) is 30.0. The number of aliphatic hydroxyl groups is 2. The van der Waals surface area contributed by atoms with E-state index in [2.05, 4.69) is 12.2 Å². The van der Waals surface area contributed by atoms with Crippen molar-refractivity contribution in [1.29, 1.82) is 0 Å². The number of esters is 1. The first-order chi connectivity index (χ1) is 18.4. The molecule has 218 valence electrons. The fraction of sp³-hybridized carbons (Fsp3) is 0.742. The molecular formula is C31H47NO7. The van der Waals surface area contributed by atoms with Crippen LogP contribution in [0.3, 0.4) is 0 Å². The molecule has 3 aliphatic carbocycles. The van der Waals surface area contributed by atoms with Crippen molar-refractivity contribution in [3.8, 4) is 0 Å². The largest absolute Gasteiger partial charge is 0.459 e. The number of anilines is 1. The maximum absolute atomic E-state index is 13.1. The summed E-state index contributed by atoms with van der Waals surface area (Å²) in [6, 6.07) is 6.89. The van der Waals surface area contributed by atoms with Crippen LogP contribution < -0.4 is 5.32 Å². The summed E-state index contributed by atoms with van der Waals surface area (Å²) >= 11 is 0. The Morgan fingerprint density at radius 1 is 1.10 bits per heavy atom. The van der Waals surface area contributed by atoms with Crippen molar-refractivity contribution < 1.29 is 34.0 Å². The molecule has 8 nitrogen and oxygen atoms in total. The van der Waals surface area contributed by atoms with Crippen LogP contribution >= 0.6 is 0 Å². The molecule has 0 spiro atoms. The Bertz CT molecular complexity index is 1040. The molecule has 39 heavy (non-hydrogen) atoms. The third-order valence-electron chi connectivity index (χ3n) is 10.3. The fourth-order valence-electron chi connectivity index (χ4n) is 7.60. The molecule has 10 atom stereocenters. The van der Waals surface area contributed by atoms with Crippen LogP contribution in [-0.4, -0.2) is 65.8 Å². The van der Waals surface area contributed by atoms with Crippen LogP contribution in [0.25, 0.3) is 0 Å². The van der Waals surface area contributed by atoms with E-state index in [9.17, 15) is 19.8 Å². The van der Waals surface area contributed by atoms with E-state index in [1.807, 2.05) is 27.7 Å². The molecule has 3 fully saturated rings. The minimum Gasteiger partial charge on any atom is -0.459 e. The summed E-state index contributed by atoms with van der Waals surface area (Å²) in [4.78, 5) is 25.4. The van der Waals surface area contributed by atoms with Crippen LogP contribution in [0.4, 0.5) is 5.69 Å². The number of nitrogens with one attached hydrogen (secondary N) is 1. The monoisotopic (exact) mass is 545 g/mol. The Morgan fingerprint density at radius 3 is 2.36 bits per heavy atom. The molecule has 2 unspecified atom stereocenters. The number of hydrogen-bond acceptors (Lipinski definition) is 7. The van der Waals surface area contributed by atoms with E-state index < -0.39 is 29.4 Å². The molecule has 2 bridgehead atoms. The Balaban J connectivity index is 1.47. The van der Waals surface area contributed by atoms with Crippen LogP contribution in [0, 0.1) is 35.5 Å². The van der Waals surface area contributed by atoms with Crippen LogP contribution in [0.2, 0.25) is 0 Å². The van der Waals surface area contributed by atoms with Crippen molar-refractivity contribution in [2.24, 2.45) is 35.5 Å². The highest BCUT2D eigenvalue weighted by molar-refractivity contribution is 6.02. The van der Waals surface area contributed by atoms with Crippen molar-refractivity contribution in [3.63, 3.8) is 0 Å². The summed E-state index contributed by atoms with van der Waals surface area (Å²) < 4.78 is 17.6. The second-order valence-electron chi connectivity index (χ2n) is 12.4. The average molecular weight is 546 g/mol. The van der Waals surface area contributed by atoms with Crippen molar-refractivity contribution in [2.75, 3.05) is 19.5 Å². The lowest BCUT2D eigenvalue weighted by Crippen LogP contribution is -2.70. The molecule has 3 saturated carbocycles. The number of amides is 1. The van der Waals surface area contributed by atoms with Gasteiger partial charge in [-0.3, -0.25) is 4.79 Å². The third-order valence-corrected chi connectivity index (χ3v) is 10.3. The van der Waals surface area contributed by atoms with E-state index in [0.717, 1.165) is 19.3 Å². The number of carbonyl (C=O) groups is 2. The van der Waals surface area contributed by atoms with Crippen molar-refractivity contribution in [3.05, 3.63) is 29.8 Å². The first-order valence-corrected chi connectivity index (χ1v) is 14.6. The second-order valence-corrected chi connectivity index (χ2v) is 12.4. The van der Waals surface area contributed by atoms with Crippen molar-refractivity contribution in [2.45, 2.75) is 96.2 Å². The lowest BCUT2D eigenvalue weighted by Gasteiger charge is -2.55. The third kappa shape index (κ3) is 5.14. The van der Waals surface area contributed by atoms with Crippen LogP contribution in [-0.2, 0) is 19.0 Å². The van der Waals surface area contributed by atoms with Gasteiger partial charge >= 0.3 is 5.97 Å². The Labute approximate surface area is 232 Å². The summed E-state index contributed by atoms with van der Waals surface area (Å²) in [6.07, 6.45) is 2.24. The lowest BCUT2D eigenvalue weighted by molar-refractivity contribution is -0.274. The van der Waals surface area contributed by atoms with Crippen molar-refractivity contribution in [1.82, 2.24) is 0 Å². The number of benzene rings is 1. The first-order valence-electron chi connectivity index (χ1n) is 14.6. The maximum Gasteiger partial charge on any atom is 0.340 e. The molecule has 0 aromatic heterocycles. The molecule has 1 aromatic carbocycles. The zero-order valence-corrected chi connectivity index (χ0v) is 24.5. The number of hydrogen-bond donors (Lipinski definition) is 3. The van der Waals surface area contributed by atoms with Crippen molar-refractivity contribution >= 4 is 17.6 Å². The summed E-state index contributed by atoms with van der Waals surface area (Å²) in [5.74, 6) is -0.962. The van der Waals surface area contributed by atoms with Gasteiger partial charge in [-0.25, -0.2) is 4.79 Å². The Kier molecular flexibility index (Phi) is 8.82. The molecule has 8 heteroatoms. The van der Waals surface area contributed by atoms with Crippen LogP contribution in [0.5, 0.6) is 0 Å². The summed E-state index contributed by atoms with van der Waals surface area (Å²) in [7, 11) is 3.27. The predicted octanol–water partition coefficient (Wildman–Crippen LogP) is 4.43. The highest BCUT2D eigenvalue weighted by Gasteiger charge is 2.73. The zero-order chi connectivity index (χ0) is 28.7. The lowest BCUT2D eigenvalue weighted by atomic mass is 9.61. The number of ether oxygens (including phenoxy) is 3. The molecule has 3 N–H and O–H groups in total. The quantitative estimate of drug-likeness (QED) is 0.353. The highest BCUT2D eigenvalue weighted by atomic mass is 16.5. The molecule has 0 aliphatic heterocycles. The van der Waals surface area contributed by atoms with Crippen LogP contribution in [0.1, 0.15) is 77.1 Å². The van der Waals surface area contributed by atoms with E-state index >= 15 is 0 Å². The summed E-state index contributed by atoms with van der Waals surface area (Å²) in [5, 5.41) is 27.3. The number of methoxy groups -OCH3 is 2. The van der Waals surface area contributed by atoms with Gasteiger partial charge < -0.3 is 29.7 Å². The predicted molar refractivity (Wildman–Crippen MR) is 148 cm³/mol. The number of para-hydroxylation sites is 1. The van der Waals surface area contributed by atoms with E-state index in [1.165, 1.54) is 0 Å². The molecule has 1 aromatic rings. The zero-order valence-electron chi connectivity index (χ0n) is 24.5. The van der Waals surface area contributed by atoms with Gasteiger partial charge in [0.2, 0.25) is 5.91 Å². The minimum absolute atomic E-state index is 0.00949. The van der Waals surface area contributed by atoms with E-state index in [0.29, 0.717) is 24.1 Å². The van der Waals surface area contributed by atoms with Gasteiger partial charge in [0.15, 0.2) is 0 Å². The average Bonchev–Trinajstić information content (AvgIpc) is 3.74. The van der Waals surface area contributed by atoms with E-state index in [4.69, 9.17) is 14.2 Å². The molecule has 0 heterocycles. The summed E-state index contributed by atoms with van der Waals surface area (Å²) in [5.41, 5.74) is -2.08. The maximum atomic E-state index is 13.1. The smallest absolute Gasteiger partial charge is 0.340 e. The van der Waals surface area contributed by atoms with Gasteiger partial charge in [-0.15, -0.1) is 0 Å². The minimum atomic E-state index is -1.44. The molecule has 0 radical (unpaired) electrons. The van der Waals surface area contributed by atoms with Gasteiger partial charge in [0.05, 0.1) is 23.5 Å². The molecule has 4 rings (SSSR count). The SMILES string of the molecule is CC[C@H]1C(C)[C@]2(O)[C@@H](OC)[C@H]1[C@H](OC)C[C@]2(O)[C@H](C)CC(C)[C@H](C)OC(=O)c1ccccc1NC(=O)C1CC1. The van der Waals surface area contributed by atoms with E-state index in [-0.39, 0.29) is 47.5 Å². The summed E-state index contributed by atoms with van der Waals surface area (Å²) in [6.45, 7) is 9.92. The van der Waals surface area contributed by atoms with Crippen LogP contribution in [0.15, 0.2) is 24.3 Å². The highest BCUT2D eigenvalue weighted by Crippen LogP contribution is 2.61. The van der Waals surface area contributed by atoms with Gasteiger partial charge in [0.25, 0.3) is 0 Å². The Hall–Kier alpha value is -2.00. The molecule has 3 aliphatic rings. The Morgan fingerprint density at radius 2 is 1.77 bits per heavy atom. The topological polar surface area (TPSA) is 114 Å². The fourth-order valence-corrected chi connectivity index (χ4v) is 7.60. The molecular weight excluding hydrogens is 498 g/mol. The van der Waals surface area contributed by atoms with Gasteiger partial charge in [-0.2, -0.15) is 0 Å². The van der Waals surface area contributed by atoms with Gasteiger partial charge in [0.1, 0.15) is 17.3 Å². The van der Waals surface area contributed by atoms with Gasteiger partial charge in [-0.05, 0) is 62.0 Å². The standard InChI is InChI=1S/C31H47NO7/c1-8-22-19(4)31(36)27(38-7)26(22)25(37-6)16-30(31,35)18(3)15-17(2)20(5)39-29(34)23-11-9-10-12-24(23)32-28(33)21-13-14-21/h9-12,17-22,25-27,35-36H,8,13-16H2,1-7H3,(H,32,33)/t17?,18-,19?,20+,22+,25-,26-,27+,30+,31+/m1/s1. The van der Waals surface area contributed by atoms with Gasteiger partial charge in [-0.1, -0.05) is 46.2 Å². The molecule has 0 saturated heterocycles. The van der Waals surface area contributed by atoms with E-state index in [1.54, 1.807) is 38.5 Å². The number of fused-ring (bicyclic) bond motifs is 2. The normalized spacial score (nSPS) is 36.2.